The summed E-state index contributed by atoms with van der Waals surface area (Å²) < 4.78 is 24.1. The van der Waals surface area contributed by atoms with Crippen molar-refractivity contribution in [1.29, 1.82) is 0 Å². The molecule has 0 saturated heterocycles. The molecular formula is C15H16O4S. The lowest BCUT2D eigenvalue weighted by atomic mass is 10.1. The Labute approximate surface area is 118 Å². The highest BCUT2D eigenvalue weighted by atomic mass is 32.2. The fourth-order valence-electron chi connectivity index (χ4n) is 2.17. The van der Waals surface area contributed by atoms with Crippen LogP contribution < -0.4 is 0 Å². The lowest BCUT2D eigenvalue weighted by Gasteiger charge is -2.07. The molecule has 0 radical (unpaired) electrons. The molecule has 0 atom stereocenters. The van der Waals surface area contributed by atoms with Gasteiger partial charge in [-0.25, -0.2) is 8.42 Å². The number of carbonyl (C=O) groups is 1. The Hall–Kier alpha value is -1.88. The van der Waals surface area contributed by atoms with E-state index in [-0.39, 0.29) is 24.3 Å². The van der Waals surface area contributed by atoms with Crippen LogP contribution >= 0.6 is 0 Å². The van der Waals surface area contributed by atoms with Gasteiger partial charge >= 0.3 is 5.97 Å². The van der Waals surface area contributed by atoms with Crippen LogP contribution in [0, 0.1) is 0 Å². The van der Waals surface area contributed by atoms with Gasteiger partial charge in [-0.3, -0.25) is 4.79 Å². The molecule has 0 spiro atoms. The van der Waals surface area contributed by atoms with Crippen LogP contribution in [0.4, 0.5) is 0 Å². The molecule has 2 aromatic rings. The molecule has 0 bridgehead atoms. The molecule has 5 heteroatoms. The normalized spacial score (nSPS) is 11.6. The summed E-state index contributed by atoms with van der Waals surface area (Å²) in [6.07, 6.45) is 0.0389. The number of carboxylic acids is 1. The van der Waals surface area contributed by atoms with E-state index in [1.54, 1.807) is 6.07 Å². The van der Waals surface area contributed by atoms with Gasteiger partial charge in [-0.1, -0.05) is 42.5 Å². The van der Waals surface area contributed by atoms with E-state index in [1.807, 2.05) is 36.4 Å². The van der Waals surface area contributed by atoms with Crippen LogP contribution in [0.2, 0.25) is 0 Å². The third-order valence-electron chi connectivity index (χ3n) is 3.10. The Bertz CT molecular complexity index is 714. The minimum absolute atomic E-state index is 0.0476. The number of hydrogen-bond donors (Lipinski definition) is 1. The van der Waals surface area contributed by atoms with E-state index in [0.29, 0.717) is 0 Å². The molecule has 106 valence electrons. The molecule has 2 aromatic carbocycles. The van der Waals surface area contributed by atoms with Gasteiger partial charge in [-0.05, 0) is 22.8 Å². The molecule has 0 aliphatic carbocycles. The zero-order valence-corrected chi connectivity index (χ0v) is 11.8. The smallest absolute Gasteiger partial charge is 0.303 e. The predicted molar refractivity (Wildman–Crippen MR) is 78.3 cm³/mol. The van der Waals surface area contributed by atoms with Gasteiger partial charge in [0.1, 0.15) is 0 Å². The SMILES string of the molecule is O=C(O)CCCS(=O)(=O)Cc1cccc2ccccc12. The van der Waals surface area contributed by atoms with Gasteiger partial charge in [0.2, 0.25) is 0 Å². The van der Waals surface area contributed by atoms with Crippen molar-refractivity contribution in [3.8, 4) is 0 Å². The lowest BCUT2D eigenvalue weighted by Crippen LogP contribution is -2.11. The van der Waals surface area contributed by atoms with Gasteiger partial charge in [-0.15, -0.1) is 0 Å². The van der Waals surface area contributed by atoms with Crippen molar-refractivity contribution in [2.75, 3.05) is 5.75 Å². The maximum atomic E-state index is 12.0. The van der Waals surface area contributed by atoms with Crippen molar-refractivity contribution < 1.29 is 18.3 Å². The summed E-state index contributed by atoms with van der Waals surface area (Å²) in [5, 5.41) is 10.5. The number of carboxylic acid groups (broad SMARTS) is 1. The van der Waals surface area contributed by atoms with E-state index in [0.717, 1.165) is 16.3 Å². The topological polar surface area (TPSA) is 71.4 Å². The fraction of sp³-hybridized carbons (Fsp3) is 0.267. The van der Waals surface area contributed by atoms with Gasteiger partial charge in [0, 0.05) is 6.42 Å². The molecule has 1 N–H and O–H groups in total. The zero-order valence-electron chi connectivity index (χ0n) is 11.0. The van der Waals surface area contributed by atoms with Gasteiger partial charge < -0.3 is 5.11 Å². The maximum Gasteiger partial charge on any atom is 0.303 e. The molecule has 4 nitrogen and oxygen atoms in total. The third-order valence-corrected chi connectivity index (χ3v) is 4.76. The number of fused-ring (bicyclic) bond motifs is 1. The summed E-state index contributed by atoms with van der Waals surface area (Å²) in [5.74, 6) is -1.11. The molecule has 0 aliphatic rings. The first kappa shape index (κ1) is 14.5. The fourth-order valence-corrected chi connectivity index (χ4v) is 3.62. The molecule has 0 aliphatic heterocycles. The Kier molecular flexibility index (Phi) is 4.39. The summed E-state index contributed by atoms with van der Waals surface area (Å²) in [6, 6.07) is 13.2. The van der Waals surface area contributed by atoms with E-state index < -0.39 is 15.8 Å². The zero-order chi connectivity index (χ0) is 14.6. The summed E-state index contributed by atoms with van der Waals surface area (Å²) in [4.78, 5) is 10.4. The summed E-state index contributed by atoms with van der Waals surface area (Å²) in [7, 11) is -3.29. The summed E-state index contributed by atoms with van der Waals surface area (Å²) >= 11 is 0. The van der Waals surface area contributed by atoms with Gasteiger partial charge in [-0.2, -0.15) is 0 Å². The van der Waals surface area contributed by atoms with Crippen LogP contribution in [0.25, 0.3) is 10.8 Å². The monoisotopic (exact) mass is 292 g/mol. The first-order valence-corrected chi connectivity index (χ1v) is 8.19. The van der Waals surface area contributed by atoms with Crippen molar-refractivity contribution in [2.24, 2.45) is 0 Å². The predicted octanol–water partition coefficient (Wildman–Crippen LogP) is 2.62. The number of benzene rings is 2. The Morgan fingerprint density at radius 3 is 2.50 bits per heavy atom. The molecule has 0 unspecified atom stereocenters. The number of sulfone groups is 1. The van der Waals surface area contributed by atoms with Crippen LogP contribution in [-0.4, -0.2) is 25.2 Å². The molecule has 0 amide bonds. The van der Waals surface area contributed by atoms with Crippen LogP contribution in [0.1, 0.15) is 18.4 Å². The standard InChI is InChI=1S/C15H16O4S/c16-15(17)9-4-10-20(18,19)11-13-7-3-6-12-5-1-2-8-14(12)13/h1-3,5-8H,4,9-11H2,(H,16,17). The van der Waals surface area contributed by atoms with E-state index in [1.165, 1.54) is 0 Å². The molecule has 0 saturated carbocycles. The van der Waals surface area contributed by atoms with E-state index in [4.69, 9.17) is 5.11 Å². The van der Waals surface area contributed by atoms with Crippen molar-refractivity contribution in [3.05, 3.63) is 48.0 Å². The molecule has 2 rings (SSSR count). The highest BCUT2D eigenvalue weighted by molar-refractivity contribution is 7.90. The number of hydrogen-bond acceptors (Lipinski definition) is 3. The Balaban J connectivity index is 2.17. The average Bonchev–Trinajstić information content (AvgIpc) is 2.38. The maximum absolute atomic E-state index is 12.0. The van der Waals surface area contributed by atoms with E-state index in [9.17, 15) is 13.2 Å². The van der Waals surface area contributed by atoms with Gasteiger partial charge in [0.15, 0.2) is 9.84 Å². The molecule has 0 aromatic heterocycles. The van der Waals surface area contributed by atoms with Gasteiger partial charge in [0.05, 0.1) is 11.5 Å². The lowest BCUT2D eigenvalue weighted by molar-refractivity contribution is -0.137. The second-order valence-electron chi connectivity index (χ2n) is 4.73. The third kappa shape index (κ3) is 3.81. The largest absolute Gasteiger partial charge is 0.481 e. The average molecular weight is 292 g/mol. The van der Waals surface area contributed by atoms with Crippen LogP contribution in [0.3, 0.4) is 0 Å². The van der Waals surface area contributed by atoms with Crippen LogP contribution in [-0.2, 0) is 20.4 Å². The highest BCUT2D eigenvalue weighted by Crippen LogP contribution is 2.21. The Morgan fingerprint density at radius 1 is 1.05 bits per heavy atom. The molecule has 0 heterocycles. The second-order valence-corrected chi connectivity index (χ2v) is 6.91. The quantitative estimate of drug-likeness (QED) is 0.888. The number of rotatable bonds is 6. The minimum atomic E-state index is -3.29. The summed E-state index contributed by atoms with van der Waals surface area (Å²) in [6.45, 7) is 0. The van der Waals surface area contributed by atoms with E-state index >= 15 is 0 Å². The highest BCUT2D eigenvalue weighted by Gasteiger charge is 2.14. The van der Waals surface area contributed by atoms with E-state index in [2.05, 4.69) is 0 Å². The molecular weight excluding hydrogens is 276 g/mol. The van der Waals surface area contributed by atoms with Crippen molar-refractivity contribution in [1.82, 2.24) is 0 Å². The summed E-state index contributed by atoms with van der Waals surface area (Å²) in [5.41, 5.74) is 0.762. The minimum Gasteiger partial charge on any atom is -0.481 e. The van der Waals surface area contributed by atoms with Gasteiger partial charge in [0.25, 0.3) is 0 Å². The number of aliphatic carboxylic acids is 1. The van der Waals surface area contributed by atoms with Crippen molar-refractivity contribution in [3.63, 3.8) is 0 Å². The second kappa shape index (κ2) is 6.05. The van der Waals surface area contributed by atoms with Crippen molar-refractivity contribution >= 4 is 26.6 Å². The van der Waals surface area contributed by atoms with Crippen LogP contribution in [0.5, 0.6) is 0 Å². The van der Waals surface area contributed by atoms with Crippen LogP contribution in [0.15, 0.2) is 42.5 Å². The first-order chi connectivity index (χ1) is 9.48. The first-order valence-electron chi connectivity index (χ1n) is 6.37. The molecule has 0 fully saturated rings. The Morgan fingerprint density at radius 2 is 1.75 bits per heavy atom. The molecule has 20 heavy (non-hydrogen) atoms. The van der Waals surface area contributed by atoms with Crippen molar-refractivity contribution in [2.45, 2.75) is 18.6 Å².